The molecule has 1 atom stereocenters. The Morgan fingerprint density at radius 2 is 2.08 bits per heavy atom. The molecule has 0 bridgehead atoms. The number of nitrogens with one attached hydrogen (secondary N) is 2. The smallest absolute Gasteiger partial charge is 0.315 e. The molecule has 0 spiro atoms. The van der Waals surface area contributed by atoms with E-state index in [1.165, 1.54) is 19.3 Å². The lowest BCUT2D eigenvalue weighted by atomic mass is 10.1. The molecule has 2 aromatic rings. The summed E-state index contributed by atoms with van der Waals surface area (Å²) in [7, 11) is 0. The van der Waals surface area contributed by atoms with Gasteiger partial charge in [-0.25, -0.2) is 9.78 Å². The molecule has 1 aliphatic heterocycles. The van der Waals surface area contributed by atoms with E-state index in [2.05, 4.69) is 26.6 Å². The molecule has 2 aromatic heterocycles. The largest absolute Gasteiger partial charge is 0.464 e. The van der Waals surface area contributed by atoms with Gasteiger partial charge < -0.3 is 20.0 Å². The lowest BCUT2D eigenvalue weighted by Gasteiger charge is -2.27. The lowest BCUT2D eigenvalue weighted by molar-refractivity contribution is 0.235. The highest BCUT2D eigenvalue weighted by Crippen LogP contribution is 2.18. The summed E-state index contributed by atoms with van der Waals surface area (Å²) in [4.78, 5) is 18.9. The van der Waals surface area contributed by atoms with Gasteiger partial charge in [0.1, 0.15) is 17.3 Å². The number of carbonyl (C=O) groups excluding carboxylic acids is 1. The van der Waals surface area contributed by atoms with E-state index in [-0.39, 0.29) is 12.1 Å². The van der Waals surface area contributed by atoms with Crippen LogP contribution in [0.4, 0.5) is 10.6 Å². The number of aryl methyl sites for hydroxylation is 1. The molecule has 0 unspecified atom stereocenters. The number of aromatic nitrogens is 1. The molecule has 3 heterocycles. The quantitative estimate of drug-likeness (QED) is 0.872. The van der Waals surface area contributed by atoms with E-state index >= 15 is 0 Å². The van der Waals surface area contributed by atoms with Gasteiger partial charge in [-0.1, -0.05) is 0 Å². The van der Waals surface area contributed by atoms with Crippen LogP contribution < -0.4 is 15.5 Å². The summed E-state index contributed by atoms with van der Waals surface area (Å²) in [5, 5.41) is 5.79. The van der Waals surface area contributed by atoms with Crippen LogP contribution in [0.25, 0.3) is 0 Å². The zero-order valence-electron chi connectivity index (χ0n) is 14.9. The molecule has 2 N–H and O–H groups in total. The van der Waals surface area contributed by atoms with Gasteiger partial charge in [0.05, 0.1) is 6.04 Å². The van der Waals surface area contributed by atoms with Gasteiger partial charge in [0.2, 0.25) is 0 Å². The maximum atomic E-state index is 12.1. The standard InChI is InChI=1S/C19H26N4O2/c1-14-6-7-17(25-14)15(2)22-19(24)21-13-16-8-9-20-18(12-16)23-10-4-3-5-11-23/h6-9,12,15H,3-5,10-11,13H2,1-2H3,(H2,21,22,24)/t15-/m0/s1. The first-order valence-corrected chi connectivity index (χ1v) is 8.92. The molecule has 0 radical (unpaired) electrons. The Kier molecular flexibility index (Phi) is 5.58. The van der Waals surface area contributed by atoms with Gasteiger partial charge in [-0.2, -0.15) is 0 Å². The van der Waals surface area contributed by atoms with Crippen LogP contribution >= 0.6 is 0 Å². The Bertz CT molecular complexity index is 707. The summed E-state index contributed by atoms with van der Waals surface area (Å²) in [6.07, 6.45) is 5.55. The van der Waals surface area contributed by atoms with Gasteiger partial charge in [-0.05, 0) is 62.9 Å². The van der Waals surface area contributed by atoms with E-state index in [0.717, 1.165) is 36.0 Å². The second-order valence-electron chi connectivity index (χ2n) is 6.57. The zero-order chi connectivity index (χ0) is 17.6. The zero-order valence-corrected chi connectivity index (χ0v) is 14.9. The Balaban J connectivity index is 1.51. The van der Waals surface area contributed by atoms with E-state index in [1.54, 1.807) is 0 Å². The van der Waals surface area contributed by atoms with Gasteiger partial charge >= 0.3 is 6.03 Å². The summed E-state index contributed by atoms with van der Waals surface area (Å²) >= 11 is 0. The number of rotatable bonds is 5. The number of carbonyl (C=O) groups is 1. The van der Waals surface area contributed by atoms with Crippen LogP contribution in [0.15, 0.2) is 34.9 Å². The first-order chi connectivity index (χ1) is 12.1. The molecule has 134 valence electrons. The van der Waals surface area contributed by atoms with Crippen LogP contribution in [-0.4, -0.2) is 24.1 Å². The van der Waals surface area contributed by atoms with Crippen LogP contribution in [0.2, 0.25) is 0 Å². The fourth-order valence-corrected chi connectivity index (χ4v) is 3.05. The van der Waals surface area contributed by atoms with Crippen LogP contribution in [0, 0.1) is 6.92 Å². The molecule has 3 rings (SSSR count). The Labute approximate surface area is 148 Å². The van der Waals surface area contributed by atoms with Crippen molar-refractivity contribution in [1.29, 1.82) is 0 Å². The normalized spacial score (nSPS) is 15.7. The minimum absolute atomic E-state index is 0.171. The Morgan fingerprint density at radius 3 is 2.80 bits per heavy atom. The van der Waals surface area contributed by atoms with Crippen LogP contribution in [0.3, 0.4) is 0 Å². The summed E-state index contributed by atoms with van der Waals surface area (Å²) in [5.74, 6) is 2.59. The van der Waals surface area contributed by atoms with Crippen LogP contribution in [0.5, 0.6) is 0 Å². The summed E-state index contributed by atoms with van der Waals surface area (Å²) < 4.78 is 5.54. The predicted octanol–water partition coefficient (Wildman–Crippen LogP) is 3.53. The molecular weight excluding hydrogens is 316 g/mol. The van der Waals surface area contributed by atoms with Gasteiger partial charge in [-0.3, -0.25) is 0 Å². The monoisotopic (exact) mass is 342 g/mol. The van der Waals surface area contributed by atoms with Crippen molar-refractivity contribution >= 4 is 11.8 Å². The third kappa shape index (κ3) is 4.75. The molecular formula is C19H26N4O2. The van der Waals surface area contributed by atoms with Crippen molar-refractivity contribution < 1.29 is 9.21 Å². The molecule has 0 aromatic carbocycles. The second-order valence-corrected chi connectivity index (χ2v) is 6.57. The topological polar surface area (TPSA) is 70.4 Å². The summed E-state index contributed by atoms with van der Waals surface area (Å²) in [6, 6.07) is 7.39. The van der Waals surface area contributed by atoms with Crippen molar-refractivity contribution in [3.63, 3.8) is 0 Å². The minimum atomic E-state index is -0.210. The number of anilines is 1. The van der Waals surface area contributed by atoms with Crippen molar-refractivity contribution in [3.8, 4) is 0 Å². The predicted molar refractivity (Wildman–Crippen MR) is 97.5 cm³/mol. The van der Waals surface area contributed by atoms with E-state index in [1.807, 2.05) is 38.2 Å². The Hall–Kier alpha value is -2.50. The SMILES string of the molecule is Cc1ccc([C@H](C)NC(=O)NCc2ccnc(N3CCCCC3)c2)o1. The van der Waals surface area contributed by atoms with Gasteiger partial charge in [0, 0.05) is 25.8 Å². The van der Waals surface area contributed by atoms with Crippen molar-refractivity contribution in [2.75, 3.05) is 18.0 Å². The van der Waals surface area contributed by atoms with E-state index in [0.29, 0.717) is 6.54 Å². The molecule has 2 amide bonds. The number of amides is 2. The minimum Gasteiger partial charge on any atom is -0.464 e. The first-order valence-electron chi connectivity index (χ1n) is 8.92. The first kappa shape index (κ1) is 17.3. The number of piperidine rings is 1. The lowest BCUT2D eigenvalue weighted by Crippen LogP contribution is -2.36. The van der Waals surface area contributed by atoms with Crippen LogP contribution in [0.1, 0.15) is 49.3 Å². The number of pyridine rings is 1. The molecule has 1 aliphatic rings. The highest BCUT2D eigenvalue weighted by Gasteiger charge is 2.14. The highest BCUT2D eigenvalue weighted by atomic mass is 16.3. The number of hydrogen-bond acceptors (Lipinski definition) is 4. The maximum absolute atomic E-state index is 12.1. The van der Waals surface area contributed by atoms with E-state index < -0.39 is 0 Å². The fraction of sp³-hybridized carbons (Fsp3) is 0.474. The third-order valence-electron chi connectivity index (χ3n) is 4.48. The molecule has 25 heavy (non-hydrogen) atoms. The maximum Gasteiger partial charge on any atom is 0.315 e. The van der Waals surface area contributed by atoms with Gasteiger partial charge in [0.25, 0.3) is 0 Å². The molecule has 1 fully saturated rings. The van der Waals surface area contributed by atoms with E-state index in [9.17, 15) is 4.79 Å². The summed E-state index contributed by atoms with van der Waals surface area (Å²) in [6.45, 7) is 6.38. The fourth-order valence-electron chi connectivity index (χ4n) is 3.05. The molecule has 1 saturated heterocycles. The third-order valence-corrected chi connectivity index (χ3v) is 4.48. The molecule has 6 nitrogen and oxygen atoms in total. The van der Waals surface area contributed by atoms with Crippen molar-refractivity contribution in [2.45, 2.75) is 45.7 Å². The highest BCUT2D eigenvalue weighted by molar-refractivity contribution is 5.74. The van der Waals surface area contributed by atoms with Crippen LogP contribution in [-0.2, 0) is 6.54 Å². The average Bonchev–Trinajstić information content (AvgIpc) is 3.08. The van der Waals surface area contributed by atoms with Crippen molar-refractivity contribution in [2.24, 2.45) is 0 Å². The number of furan rings is 1. The molecule has 0 aliphatic carbocycles. The van der Waals surface area contributed by atoms with Crippen molar-refractivity contribution in [3.05, 3.63) is 47.5 Å². The molecule has 0 saturated carbocycles. The second kappa shape index (κ2) is 8.05. The number of nitrogens with zero attached hydrogens (tertiary/aromatic N) is 2. The summed E-state index contributed by atoms with van der Waals surface area (Å²) in [5.41, 5.74) is 1.05. The Morgan fingerprint density at radius 1 is 1.28 bits per heavy atom. The van der Waals surface area contributed by atoms with Gasteiger partial charge in [-0.15, -0.1) is 0 Å². The molecule has 6 heteroatoms. The van der Waals surface area contributed by atoms with Crippen molar-refractivity contribution in [1.82, 2.24) is 15.6 Å². The average molecular weight is 342 g/mol. The number of urea groups is 1. The van der Waals surface area contributed by atoms with Gasteiger partial charge in [0.15, 0.2) is 0 Å². The number of hydrogen-bond donors (Lipinski definition) is 2. The van der Waals surface area contributed by atoms with E-state index in [4.69, 9.17) is 4.42 Å².